The van der Waals surface area contributed by atoms with Gasteiger partial charge in [0.25, 0.3) is 5.91 Å². The molecule has 0 aliphatic heterocycles. The molecular weight excluding hydrogens is 474 g/mol. The topological polar surface area (TPSA) is 132 Å². The molecule has 0 aromatic heterocycles. The lowest BCUT2D eigenvalue weighted by molar-refractivity contribution is -0.119. The Morgan fingerprint density at radius 3 is 2.29 bits per heavy atom. The number of methoxy groups -OCH3 is 2. The maximum atomic E-state index is 12.4. The second-order valence-corrected chi connectivity index (χ2v) is 8.73. The lowest BCUT2D eigenvalue weighted by atomic mass is 10.2. The highest BCUT2D eigenvalue weighted by Crippen LogP contribution is 2.28. The lowest BCUT2D eigenvalue weighted by Gasteiger charge is -2.10. The van der Waals surface area contributed by atoms with E-state index in [1.165, 1.54) is 38.6 Å². The zero-order valence-electron chi connectivity index (χ0n) is 18.9. The van der Waals surface area contributed by atoms with Gasteiger partial charge in [-0.3, -0.25) is 4.79 Å². The number of nitrogens with zero attached hydrogens (tertiary/aromatic N) is 1. The van der Waals surface area contributed by atoms with E-state index in [1.54, 1.807) is 54.6 Å². The van der Waals surface area contributed by atoms with Crippen LogP contribution in [0.1, 0.15) is 15.9 Å². The molecule has 0 unspecified atom stereocenters. The highest BCUT2D eigenvalue weighted by molar-refractivity contribution is 7.89. The molecule has 0 radical (unpaired) electrons. The van der Waals surface area contributed by atoms with Crippen molar-refractivity contribution in [1.29, 1.82) is 0 Å². The van der Waals surface area contributed by atoms with Crippen LogP contribution < -0.4 is 24.4 Å². The Morgan fingerprint density at radius 2 is 1.63 bits per heavy atom. The lowest BCUT2D eigenvalue weighted by Crippen LogP contribution is -2.34. The van der Waals surface area contributed by atoms with E-state index in [-0.39, 0.29) is 16.4 Å². The molecule has 0 heterocycles. The molecule has 0 spiro atoms. The summed E-state index contributed by atoms with van der Waals surface area (Å²) in [4.78, 5) is 24.4. The van der Waals surface area contributed by atoms with Gasteiger partial charge < -0.3 is 14.2 Å². The van der Waals surface area contributed by atoms with Crippen molar-refractivity contribution in [3.05, 3.63) is 83.9 Å². The van der Waals surface area contributed by atoms with E-state index in [4.69, 9.17) is 14.2 Å². The normalized spacial score (nSPS) is 11.1. The van der Waals surface area contributed by atoms with E-state index in [0.29, 0.717) is 16.9 Å². The standard InChI is InChI=1S/C24H23N3O7S/c1-32-19-11-9-18(10-12-19)24(29)34-21-13-8-17(14-22(21)33-2)15-25-27-23(28)16-26-35(30,31)20-6-4-3-5-7-20/h3-15,26H,16H2,1-2H3,(H,27,28)/b25-15+. The van der Waals surface area contributed by atoms with Gasteiger partial charge in [-0.05, 0) is 60.2 Å². The number of nitrogens with one attached hydrogen (secondary N) is 2. The molecule has 10 nitrogen and oxygen atoms in total. The number of sulfonamides is 1. The summed E-state index contributed by atoms with van der Waals surface area (Å²) in [5.41, 5.74) is 3.11. The summed E-state index contributed by atoms with van der Waals surface area (Å²) in [5, 5.41) is 3.81. The van der Waals surface area contributed by atoms with Crippen LogP contribution in [-0.4, -0.2) is 47.3 Å². The molecule has 0 saturated heterocycles. The Morgan fingerprint density at radius 1 is 0.914 bits per heavy atom. The minimum atomic E-state index is -3.81. The molecule has 0 bridgehead atoms. The van der Waals surface area contributed by atoms with Crippen molar-refractivity contribution in [3.63, 3.8) is 0 Å². The second-order valence-electron chi connectivity index (χ2n) is 6.96. The number of carbonyl (C=O) groups excluding carboxylic acids is 2. The molecule has 0 saturated carbocycles. The largest absolute Gasteiger partial charge is 0.497 e. The molecule has 3 rings (SSSR count). The van der Waals surface area contributed by atoms with E-state index in [1.807, 2.05) is 0 Å². The van der Waals surface area contributed by atoms with E-state index < -0.39 is 28.4 Å². The van der Waals surface area contributed by atoms with Crippen molar-refractivity contribution < 1.29 is 32.2 Å². The van der Waals surface area contributed by atoms with E-state index in [9.17, 15) is 18.0 Å². The van der Waals surface area contributed by atoms with Gasteiger partial charge >= 0.3 is 5.97 Å². The molecule has 3 aromatic carbocycles. The van der Waals surface area contributed by atoms with Gasteiger partial charge in [-0.2, -0.15) is 5.10 Å². The molecule has 0 aliphatic carbocycles. The molecule has 0 aliphatic rings. The third-order valence-electron chi connectivity index (χ3n) is 4.60. The molecule has 2 N–H and O–H groups in total. The van der Waals surface area contributed by atoms with Crippen molar-refractivity contribution in [3.8, 4) is 17.2 Å². The molecule has 0 fully saturated rings. The van der Waals surface area contributed by atoms with Crippen LogP contribution in [0.5, 0.6) is 17.2 Å². The van der Waals surface area contributed by atoms with Crippen LogP contribution in [0.2, 0.25) is 0 Å². The first-order valence-electron chi connectivity index (χ1n) is 10.2. The smallest absolute Gasteiger partial charge is 0.343 e. The summed E-state index contributed by atoms with van der Waals surface area (Å²) in [6, 6.07) is 18.8. The molecule has 1 amide bonds. The van der Waals surface area contributed by atoms with Gasteiger partial charge in [-0.15, -0.1) is 0 Å². The number of esters is 1. The second kappa shape index (κ2) is 11.8. The number of hydrazone groups is 1. The summed E-state index contributed by atoms with van der Waals surface area (Å²) in [5.74, 6) is -0.138. The van der Waals surface area contributed by atoms with E-state index in [2.05, 4.69) is 15.2 Å². The van der Waals surface area contributed by atoms with Crippen LogP contribution in [0.25, 0.3) is 0 Å². The van der Waals surface area contributed by atoms with Crippen LogP contribution in [0, 0.1) is 0 Å². The maximum absolute atomic E-state index is 12.4. The summed E-state index contributed by atoms with van der Waals surface area (Å²) < 4.78 is 42.3. The van der Waals surface area contributed by atoms with Gasteiger partial charge in [-0.1, -0.05) is 18.2 Å². The first kappa shape index (κ1) is 25.4. The highest BCUT2D eigenvalue weighted by Gasteiger charge is 2.15. The summed E-state index contributed by atoms with van der Waals surface area (Å²) >= 11 is 0. The predicted molar refractivity (Wildman–Crippen MR) is 128 cm³/mol. The summed E-state index contributed by atoms with van der Waals surface area (Å²) in [6.07, 6.45) is 1.33. The van der Waals surface area contributed by atoms with Crippen molar-refractivity contribution in [1.82, 2.24) is 10.1 Å². The predicted octanol–water partition coefficient (Wildman–Crippen LogP) is 2.35. The van der Waals surface area contributed by atoms with Crippen LogP contribution in [-0.2, 0) is 14.8 Å². The third-order valence-corrected chi connectivity index (χ3v) is 6.01. The number of amides is 1. The average Bonchev–Trinajstić information content (AvgIpc) is 2.88. The van der Waals surface area contributed by atoms with Crippen molar-refractivity contribution in [2.75, 3.05) is 20.8 Å². The fourth-order valence-corrected chi connectivity index (χ4v) is 3.80. The number of hydrogen-bond donors (Lipinski definition) is 2. The quantitative estimate of drug-likeness (QED) is 0.190. The van der Waals surface area contributed by atoms with Crippen molar-refractivity contribution in [2.45, 2.75) is 4.90 Å². The Kier molecular flexibility index (Phi) is 8.54. The Balaban J connectivity index is 1.56. The molecule has 0 atom stereocenters. The van der Waals surface area contributed by atoms with Crippen LogP contribution >= 0.6 is 0 Å². The number of carbonyl (C=O) groups is 2. The third kappa shape index (κ3) is 7.13. The molecular formula is C24H23N3O7S. The molecule has 3 aromatic rings. The van der Waals surface area contributed by atoms with Crippen LogP contribution in [0.3, 0.4) is 0 Å². The highest BCUT2D eigenvalue weighted by atomic mass is 32.2. The number of ether oxygens (including phenoxy) is 3. The molecule has 35 heavy (non-hydrogen) atoms. The van der Waals surface area contributed by atoms with Crippen molar-refractivity contribution in [2.24, 2.45) is 5.10 Å². The van der Waals surface area contributed by atoms with Gasteiger partial charge in [0.2, 0.25) is 10.0 Å². The van der Waals surface area contributed by atoms with Gasteiger partial charge in [0.1, 0.15) is 5.75 Å². The van der Waals surface area contributed by atoms with Gasteiger partial charge in [0.05, 0.1) is 37.4 Å². The molecule has 11 heteroatoms. The summed E-state index contributed by atoms with van der Waals surface area (Å²) in [6.45, 7) is -0.488. The van der Waals surface area contributed by atoms with Crippen molar-refractivity contribution >= 4 is 28.1 Å². The molecule has 182 valence electrons. The first-order valence-corrected chi connectivity index (χ1v) is 11.7. The minimum absolute atomic E-state index is 0.0520. The zero-order valence-corrected chi connectivity index (χ0v) is 19.7. The number of benzene rings is 3. The van der Waals surface area contributed by atoms with E-state index >= 15 is 0 Å². The fourth-order valence-electron chi connectivity index (χ4n) is 2.80. The summed E-state index contributed by atoms with van der Waals surface area (Å²) in [7, 11) is -0.859. The Labute approximate surface area is 202 Å². The Bertz CT molecular complexity index is 1310. The Hall–Kier alpha value is -4.22. The average molecular weight is 498 g/mol. The van der Waals surface area contributed by atoms with Crippen LogP contribution in [0.15, 0.2) is 82.8 Å². The minimum Gasteiger partial charge on any atom is -0.497 e. The number of hydrogen-bond acceptors (Lipinski definition) is 8. The van der Waals surface area contributed by atoms with Gasteiger partial charge in [0.15, 0.2) is 11.5 Å². The number of rotatable bonds is 10. The SMILES string of the molecule is COc1ccc(C(=O)Oc2ccc(/C=N/NC(=O)CNS(=O)(=O)c3ccccc3)cc2OC)cc1. The monoisotopic (exact) mass is 497 g/mol. The van der Waals surface area contributed by atoms with Crippen LogP contribution in [0.4, 0.5) is 0 Å². The van der Waals surface area contributed by atoms with E-state index in [0.717, 1.165) is 0 Å². The zero-order chi connectivity index (χ0) is 25.3. The fraction of sp³-hybridized carbons (Fsp3) is 0.125. The van der Waals surface area contributed by atoms with Gasteiger partial charge in [0, 0.05) is 0 Å². The maximum Gasteiger partial charge on any atom is 0.343 e. The van der Waals surface area contributed by atoms with Gasteiger partial charge in [-0.25, -0.2) is 23.4 Å². The first-order chi connectivity index (χ1) is 16.8.